The van der Waals surface area contributed by atoms with E-state index in [2.05, 4.69) is 6.92 Å². The lowest BCUT2D eigenvalue weighted by atomic mass is 9.44. The summed E-state index contributed by atoms with van der Waals surface area (Å²) in [6.07, 6.45) is 2.65. The maximum atomic E-state index is 13.1. The van der Waals surface area contributed by atoms with Crippen LogP contribution in [0.1, 0.15) is 76.7 Å². The fourth-order valence-electron chi connectivity index (χ4n) is 9.39. The van der Waals surface area contributed by atoms with Gasteiger partial charge in [-0.1, -0.05) is 31.6 Å². The Morgan fingerprint density at radius 1 is 1.09 bits per heavy atom. The number of aromatic hydroxyl groups is 1. The molecule has 1 aromatic carbocycles. The van der Waals surface area contributed by atoms with Crippen LogP contribution in [0.15, 0.2) is 35.9 Å². The molecule has 1 unspecified atom stereocenters. The lowest BCUT2D eigenvalue weighted by Crippen LogP contribution is -2.63. The quantitative estimate of drug-likeness (QED) is 0.265. The van der Waals surface area contributed by atoms with E-state index >= 15 is 0 Å². The van der Waals surface area contributed by atoms with Crippen LogP contribution in [-0.2, 0) is 23.9 Å². The minimum absolute atomic E-state index is 0.0185. The van der Waals surface area contributed by atoms with Crippen LogP contribution in [-0.4, -0.2) is 74.0 Å². The average Bonchev–Trinajstić information content (AvgIpc) is 3.22. The van der Waals surface area contributed by atoms with Gasteiger partial charge in [0.2, 0.25) is 0 Å². The highest BCUT2D eigenvalue weighted by atomic mass is 16.5. The van der Waals surface area contributed by atoms with E-state index in [1.807, 2.05) is 6.92 Å². The predicted molar refractivity (Wildman–Crippen MR) is 153 cm³/mol. The number of hydrogen-bond donors (Lipinski definition) is 5. The van der Waals surface area contributed by atoms with E-state index in [1.165, 1.54) is 12.1 Å². The number of ketones is 2. The van der Waals surface area contributed by atoms with Gasteiger partial charge in [0.25, 0.3) is 0 Å². The van der Waals surface area contributed by atoms with E-state index in [9.17, 15) is 44.7 Å². The first kappa shape index (κ1) is 31.3. The standard InChI is InChI=1S/C33H42O10/c1-31-9-7-22(36)14-25(31)20(17-43-29(41)13-19(12-28(39)40)18-3-5-21(35)6-4-18)11-23-24-8-10-33(42,27(38)16-34)32(24,2)15-26(37)30(23)31/h3-6,14,19-20,23-24,26,30,34-35,37,42H,7-13,15-17H2,1-2H3,(H,39,40)/t19?,20-,23-,24-,26-,30+,31-,32-,33-/m0/s1. The molecule has 4 aliphatic carbocycles. The highest BCUT2D eigenvalue weighted by Gasteiger charge is 2.69. The van der Waals surface area contributed by atoms with Gasteiger partial charge in [-0.2, -0.15) is 0 Å². The Labute approximate surface area is 250 Å². The van der Waals surface area contributed by atoms with Crippen molar-refractivity contribution in [3.63, 3.8) is 0 Å². The average molecular weight is 599 g/mol. The van der Waals surface area contributed by atoms with Crippen molar-refractivity contribution in [3.05, 3.63) is 41.5 Å². The number of carbonyl (C=O) groups excluding carboxylic acids is 3. The number of carboxylic acid groups (broad SMARTS) is 1. The first-order valence-electron chi connectivity index (χ1n) is 15.2. The van der Waals surface area contributed by atoms with Crippen LogP contribution in [0.5, 0.6) is 5.75 Å². The van der Waals surface area contributed by atoms with Crippen molar-refractivity contribution < 1.29 is 49.4 Å². The highest BCUT2D eigenvalue weighted by Crippen LogP contribution is 2.68. The molecule has 5 rings (SSSR count). The Morgan fingerprint density at radius 3 is 2.44 bits per heavy atom. The summed E-state index contributed by atoms with van der Waals surface area (Å²) in [5.41, 5.74) is -1.79. The molecule has 0 heterocycles. The third-order valence-electron chi connectivity index (χ3n) is 11.5. The first-order chi connectivity index (χ1) is 20.2. The minimum atomic E-state index is -1.74. The number of fused-ring (bicyclic) bond motifs is 5. The van der Waals surface area contributed by atoms with E-state index < -0.39 is 52.8 Å². The Kier molecular flexibility index (Phi) is 8.35. The van der Waals surface area contributed by atoms with Gasteiger partial charge in [-0.15, -0.1) is 0 Å². The number of aliphatic hydroxyl groups excluding tert-OH is 2. The molecule has 3 fully saturated rings. The van der Waals surface area contributed by atoms with Gasteiger partial charge in [0.05, 0.1) is 25.6 Å². The van der Waals surface area contributed by atoms with Crippen molar-refractivity contribution >= 4 is 23.5 Å². The van der Waals surface area contributed by atoms with Crippen LogP contribution in [0.4, 0.5) is 0 Å². The number of phenols is 1. The SMILES string of the molecule is C[C@]12CCC(=O)C=C1[C@H](COC(=O)CC(CC(=O)O)c1ccc(O)cc1)C[C@@H]1[C@@H]2[C@@H](O)C[C@@]2(C)[C@H]1CC[C@]2(O)C(=O)CO. The van der Waals surface area contributed by atoms with Gasteiger partial charge in [-0.05, 0) is 79.0 Å². The summed E-state index contributed by atoms with van der Waals surface area (Å²) in [5, 5.41) is 51.9. The van der Waals surface area contributed by atoms with Gasteiger partial charge in [0.15, 0.2) is 11.6 Å². The summed E-state index contributed by atoms with van der Waals surface area (Å²) in [6.45, 7) is 3.08. The Morgan fingerprint density at radius 2 is 1.79 bits per heavy atom. The summed E-state index contributed by atoms with van der Waals surface area (Å²) < 4.78 is 5.78. The van der Waals surface area contributed by atoms with Crippen molar-refractivity contribution in [2.75, 3.05) is 13.2 Å². The molecule has 10 heteroatoms. The number of Topliss-reactive ketones (excluding diaryl/α,β-unsaturated/α-hetero) is 1. The normalized spacial score (nSPS) is 37.4. The molecular weight excluding hydrogens is 556 g/mol. The van der Waals surface area contributed by atoms with Crippen molar-refractivity contribution in [1.82, 2.24) is 0 Å². The number of aliphatic carboxylic acids is 1. The summed E-state index contributed by atoms with van der Waals surface area (Å²) in [5.74, 6) is -3.71. The van der Waals surface area contributed by atoms with Gasteiger partial charge in [-0.25, -0.2) is 0 Å². The number of benzene rings is 1. The van der Waals surface area contributed by atoms with E-state index in [-0.39, 0.29) is 67.5 Å². The second-order valence-corrected chi connectivity index (χ2v) is 13.7. The van der Waals surface area contributed by atoms with Crippen molar-refractivity contribution in [3.8, 4) is 5.75 Å². The molecule has 4 aliphatic rings. The zero-order valence-electron chi connectivity index (χ0n) is 24.7. The van der Waals surface area contributed by atoms with Gasteiger partial charge in [-0.3, -0.25) is 19.2 Å². The topological polar surface area (TPSA) is 179 Å². The number of phenolic OH excluding ortho intramolecular Hbond substituents is 1. The van der Waals surface area contributed by atoms with E-state index in [0.29, 0.717) is 31.2 Å². The molecule has 10 nitrogen and oxygen atoms in total. The molecule has 0 aliphatic heterocycles. The van der Waals surface area contributed by atoms with Crippen LogP contribution in [0.3, 0.4) is 0 Å². The largest absolute Gasteiger partial charge is 0.508 e. The highest BCUT2D eigenvalue weighted by molar-refractivity contribution is 5.92. The minimum Gasteiger partial charge on any atom is -0.508 e. The van der Waals surface area contributed by atoms with Gasteiger partial charge in [0.1, 0.15) is 18.0 Å². The van der Waals surface area contributed by atoms with E-state index in [0.717, 1.165) is 5.57 Å². The lowest BCUT2D eigenvalue weighted by molar-refractivity contribution is -0.186. The molecule has 0 saturated heterocycles. The summed E-state index contributed by atoms with van der Waals surface area (Å²) in [4.78, 5) is 50.0. The van der Waals surface area contributed by atoms with E-state index in [4.69, 9.17) is 4.74 Å². The molecule has 1 aromatic rings. The molecule has 5 N–H and O–H groups in total. The number of rotatable bonds is 9. The molecule has 0 amide bonds. The number of ether oxygens (including phenoxy) is 1. The molecule has 43 heavy (non-hydrogen) atoms. The second kappa shape index (κ2) is 11.4. The maximum Gasteiger partial charge on any atom is 0.306 e. The van der Waals surface area contributed by atoms with Crippen LogP contribution in [0, 0.1) is 34.5 Å². The number of carboxylic acids is 1. The Balaban J connectivity index is 1.40. The van der Waals surface area contributed by atoms with Crippen LogP contribution >= 0.6 is 0 Å². The third-order valence-corrected chi connectivity index (χ3v) is 11.5. The molecule has 0 radical (unpaired) electrons. The molecule has 0 aromatic heterocycles. The van der Waals surface area contributed by atoms with Crippen molar-refractivity contribution in [2.24, 2.45) is 34.5 Å². The zero-order valence-corrected chi connectivity index (χ0v) is 24.7. The van der Waals surface area contributed by atoms with Crippen LogP contribution in [0.25, 0.3) is 0 Å². The molecular formula is C33H42O10. The van der Waals surface area contributed by atoms with Crippen LogP contribution < -0.4 is 0 Å². The van der Waals surface area contributed by atoms with Gasteiger partial charge < -0.3 is 30.3 Å². The fourth-order valence-corrected chi connectivity index (χ4v) is 9.39. The molecule has 9 atom stereocenters. The number of hydrogen-bond acceptors (Lipinski definition) is 9. The van der Waals surface area contributed by atoms with Crippen molar-refractivity contribution in [2.45, 2.75) is 82.8 Å². The monoisotopic (exact) mass is 598 g/mol. The molecule has 0 bridgehead atoms. The van der Waals surface area contributed by atoms with E-state index in [1.54, 1.807) is 18.2 Å². The molecule has 3 saturated carbocycles. The number of carbonyl (C=O) groups is 4. The predicted octanol–water partition coefficient (Wildman–Crippen LogP) is 2.91. The molecule has 0 spiro atoms. The van der Waals surface area contributed by atoms with Gasteiger partial charge >= 0.3 is 11.9 Å². The number of aliphatic hydroxyl groups is 3. The Hall–Kier alpha value is -3.08. The first-order valence-corrected chi connectivity index (χ1v) is 15.2. The maximum absolute atomic E-state index is 13.1. The van der Waals surface area contributed by atoms with Crippen molar-refractivity contribution in [1.29, 1.82) is 0 Å². The lowest BCUT2D eigenvalue weighted by Gasteiger charge is -2.61. The number of esters is 1. The second-order valence-electron chi connectivity index (χ2n) is 13.7. The summed E-state index contributed by atoms with van der Waals surface area (Å²) >= 11 is 0. The van der Waals surface area contributed by atoms with Crippen LogP contribution in [0.2, 0.25) is 0 Å². The third kappa shape index (κ3) is 5.31. The fraction of sp³-hybridized carbons (Fsp3) is 0.636. The smallest absolute Gasteiger partial charge is 0.306 e. The zero-order chi connectivity index (χ0) is 31.3. The summed E-state index contributed by atoms with van der Waals surface area (Å²) in [7, 11) is 0. The summed E-state index contributed by atoms with van der Waals surface area (Å²) in [6, 6.07) is 6.03. The Bertz CT molecular complexity index is 1320. The molecule has 234 valence electrons. The van der Waals surface area contributed by atoms with Gasteiger partial charge in [0, 0.05) is 23.7 Å².